The van der Waals surface area contributed by atoms with Crippen LogP contribution in [0.1, 0.15) is 22.8 Å². The van der Waals surface area contributed by atoms with Crippen molar-refractivity contribution in [1.29, 1.82) is 0 Å². The molecule has 0 saturated carbocycles. The van der Waals surface area contributed by atoms with E-state index in [1.54, 1.807) is 22.8 Å². The highest BCUT2D eigenvalue weighted by Crippen LogP contribution is 2.21. The number of Topliss-reactive ketones (excluding diaryl/α,β-unsaturated/α-hetero) is 1. The van der Waals surface area contributed by atoms with Crippen molar-refractivity contribution in [3.05, 3.63) is 69.0 Å². The van der Waals surface area contributed by atoms with E-state index in [1.165, 1.54) is 11.8 Å². The van der Waals surface area contributed by atoms with Gasteiger partial charge in [0.1, 0.15) is 0 Å². The molecule has 4 nitrogen and oxygen atoms in total. The van der Waals surface area contributed by atoms with Gasteiger partial charge in [-0.2, -0.15) is 0 Å². The molecule has 6 heteroatoms. The zero-order valence-electron chi connectivity index (χ0n) is 14.0. The van der Waals surface area contributed by atoms with E-state index in [-0.39, 0.29) is 17.1 Å². The highest BCUT2D eigenvalue weighted by Gasteiger charge is 2.13. The zero-order valence-corrected chi connectivity index (χ0v) is 15.5. The van der Waals surface area contributed by atoms with Crippen LogP contribution in [0, 0.1) is 6.92 Å². The Morgan fingerprint density at radius 1 is 1.20 bits per heavy atom. The average molecular weight is 373 g/mol. The number of halogens is 1. The summed E-state index contributed by atoms with van der Waals surface area (Å²) < 4.78 is 1.59. The number of aryl methyl sites for hydroxylation is 1. The van der Waals surface area contributed by atoms with E-state index in [1.807, 2.05) is 38.1 Å². The maximum atomic E-state index is 12.6. The lowest BCUT2D eigenvalue weighted by atomic mass is 10.1. The van der Waals surface area contributed by atoms with E-state index in [4.69, 9.17) is 11.6 Å². The molecule has 25 heavy (non-hydrogen) atoms. The fourth-order valence-corrected chi connectivity index (χ4v) is 3.64. The molecule has 0 unspecified atom stereocenters. The number of nitrogens with zero attached hydrogens (tertiary/aromatic N) is 2. The van der Waals surface area contributed by atoms with Crippen LogP contribution in [0.3, 0.4) is 0 Å². The molecule has 0 aliphatic rings. The number of benzene rings is 2. The van der Waals surface area contributed by atoms with Gasteiger partial charge in [0.05, 0.1) is 16.7 Å². The highest BCUT2D eigenvalue weighted by atomic mass is 35.5. The van der Waals surface area contributed by atoms with Gasteiger partial charge in [-0.15, -0.1) is 0 Å². The number of carbonyl (C=O) groups is 1. The summed E-state index contributed by atoms with van der Waals surface area (Å²) in [5, 5.41) is 1.59. The average Bonchev–Trinajstić information content (AvgIpc) is 2.60. The Kier molecular flexibility index (Phi) is 5.25. The Balaban J connectivity index is 1.91. The van der Waals surface area contributed by atoms with Crippen molar-refractivity contribution in [2.24, 2.45) is 0 Å². The summed E-state index contributed by atoms with van der Waals surface area (Å²) in [5.74, 6) is 0.231. The van der Waals surface area contributed by atoms with Gasteiger partial charge >= 0.3 is 0 Å². The first-order valence-corrected chi connectivity index (χ1v) is 9.28. The van der Waals surface area contributed by atoms with E-state index in [2.05, 4.69) is 4.98 Å². The van der Waals surface area contributed by atoms with Gasteiger partial charge in [-0.3, -0.25) is 14.2 Å². The van der Waals surface area contributed by atoms with E-state index < -0.39 is 0 Å². The molecule has 0 atom stereocenters. The number of carbonyl (C=O) groups excluding carboxylic acids is 1. The molecule has 3 rings (SSSR count). The van der Waals surface area contributed by atoms with Gasteiger partial charge in [0.15, 0.2) is 10.9 Å². The molecule has 0 radical (unpaired) electrons. The van der Waals surface area contributed by atoms with E-state index in [0.717, 1.165) is 5.56 Å². The summed E-state index contributed by atoms with van der Waals surface area (Å²) in [5.41, 5.74) is 2.20. The summed E-state index contributed by atoms with van der Waals surface area (Å²) in [6, 6.07) is 12.5. The van der Waals surface area contributed by atoms with Gasteiger partial charge in [-0.25, -0.2) is 4.98 Å². The first-order valence-electron chi connectivity index (χ1n) is 7.92. The molecule has 2 aromatic carbocycles. The van der Waals surface area contributed by atoms with Crippen LogP contribution < -0.4 is 5.56 Å². The number of aromatic nitrogens is 2. The summed E-state index contributed by atoms with van der Waals surface area (Å²) in [6.07, 6.45) is 0. The molecule has 0 N–H and O–H groups in total. The number of thioether (sulfide) groups is 1. The fourth-order valence-electron chi connectivity index (χ4n) is 2.52. The second-order valence-electron chi connectivity index (χ2n) is 5.68. The van der Waals surface area contributed by atoms with Gasteiger partial charge in [-0.1, -0.05) is 53.2 Å². The Labute approximate surface area is 154 Å². The number of rotatable bonds is 5. The smallest absolute Gasteiger partial charge is 0.262 e. The Bertz CT molecular complexity index is 997. The standard InChI is InChI=1S/C19H17ClN2O2S/c1-3-22-18(24)15-9-8-14(20)10-16(15)21-19(22)25-11-17(23)13-6-4-12(2)5-7-13/h4-10H,3,11H2,1-2H3. The lowest BCUT2D eigenvalue weighted by molar-refractivity contribution is 0.102. The van der Waals surface area contributed by atoms with Crippen molar-refractivity contribution in [2.75, 3.05) is 5.75 Å². The fraction of sp³-hybridized carbons (Fsp3) is 0.211. The van der Waals surface area contributed by atoms with Gasteiger partial charge in [0, 0.05) is 17.1 Å². The van der Waals surface area contributed by atoms with Crippen LogP contribution in [0.4, 0.5) is 0 Å². The number of ketones is 1. The molecule has 1 heterocycles. The molecule has 1 aromatic heterocycles. The predicted molar refractivity (Wildman–Crippen MR) is 103 cm³/mol. The van der Waals surface area contributed by atoms with Crippen LogP contribution >= 0.6 is 23.4 Å². The van der Waals surface area contributed by atoms with Gasteiger partial charge in [-0.05, 0) is 32.0 Å². The van der Waals surface area contributed by atoms with Crippen molar-refractivity contribution in [2.45, 2.75) is 25.5 Å². The third-order valence-corrected chi connectivity index (χ3v) is 5.12. The summed E-state index contributed by atoms with van der Waals surface area (Å²) in [6.45, 7) is 4.36. The zero-order chi connectivity index (χ0) is 18.0. The molecule has 128 valence electrons. The lowest BCUT2D eigenvalue weighted by Crippen LogP contribution is -2.22. The molecule has 0 amide bonds. The first-order chi connectivity index (χ1) is 12.0. The van der Waals surface area contributed by atoms with Crippen LogP contribution in [0.2, 0.25) is 5.02 Å². The minimum absolute atomic E-state index is 0.00749. The van der Waals surface area contributed by atoms with Crippen LogP contribution in [-0.2, 0) is 6.54 Å². The predicted octanol–water partition coefficient (Wildman–Crippen LogP) is 4.35. The van der Waals surface area contributed by atoms with Crippen molar-refractivity contribution in [3.8, 4) is 0 Å². The van der Waals surface area contributed by atoms with Crippen LogP contribution in [0.25, 0.3) is 10.9 Å². The Hall–Kier alpha value is -2.11. The minimum atomic E-state index is -0.116. The molecule has 0 saturated heterocycles. The molecule has 0 aliphatic carbocycles. The SMILES string of the molecule is CCn1c(SCC(=O)c2ccc(C)cc2)nc2cc(Cl)ccc2c1=O. The van der Waals surface area contributed by atoms with E-state index in [0.29, 0.717) is 33.2 Å². The first kappa shape index (κ1) is 17.7. The lowest BCUT2D eigenvalue weighted by Gasteiger charge is -2.11. The van der Waals surface area contributed by atoms with Crippen LogP contribution in [0.15, 0.2) is 52.4 Å². The van der Waals surface area contributed by atoms with Crippen LogP contribution in [0.5, 0.6) is 0 Å². The molecule has 0 fully saturated rings. The second kappa shape index (κ2) is 7.42. The van der Waals surface area contributed by atoms with Crippen molar-refractivity contribution < 1.29 is 4.79 Å². The Morgan fingerprint density at radius 2 is 1.92 bits per heavy atom. The normalized spacial score (nSPS) is 11.0. The van der Waals surface area contributed by atoms with Gasteiger partial charge in [0.25, 0.3) is 5.56 Å². The second-order valence-corrected chi connectivity index (χ2v) is 7.06. The Morgan fingerprint density at radius 3 is 2.60 bits per heavy atom. The van der Waals surface area contributed by atoms with Gasteiger partial charge in [0.2, 0.25) is 0 Å². The third kappa shape index (κ3) is 3.78. The number of fused-ring (bicyclic) bond motifs is 1. The van der Waals surface area contributed by atoms with Crippen molar-refractivity contribution in [3.63, 3.8) is 0 Å². The van der Waals surface area contributed by atoms with E-state index >= 15 is 0 Å². The monoisotopic (exact) mass is 372 g/mol. The molecule has 0 spiro atoms. The maximum Gasteiger partial charge on any atom is 0.262 e. The topological polar surface area (TPSA) is 52.0 Å². The minimum Gasteiger partial charge on any atom is -0.293 e. The highest BCUT2D eigenvalue weighted by molar-refractivity contribution is 7.99. The summed E-state index contributed by atoms with van der Waals surface area (Å²) >= 11 is 7.28. The molecular weight excluding hydrogens is 356 g/mol. The number of hydrogen-bond donors (Lipinski definition) is 0. The number of hydrogen-bond acceptors (Lipinski definition) is 4. The largest absolute Gasteiger partial charge is 0.293 e. The maximum absolute atomic E-state index is 12.6. The molecule has 0 aliphatic heterocycles. The summed E-state index contributed by atoms with van der Waals surface area (Å²) in [4.78, 5) is 29.5. The van der Waals surface area contributed by atoms with Crippen molar-refractivity contribution >= 4 is 40.0 Å². The quantitative estimate of drug-likeness (QED) is 0.379. The summed E-state index contributed by atoms with van der Waals surface area (Å²) in [7, 11) is 0. The van der Waals surface area contributed by atoms with Crippen molar-refractivity contribution in [1.82, 2.24) is 9.55 Å². The molecule has 3 aromatic rings. The van der Waals surface area contributed by atoms with Crippen LogP contribution in [-0.4, -0.2) is 21.1 Å². The van der Waals surface area contributed by atoms with E-state index in [9.17, 15) is 9.59 Å². The molecular formula is C19H17ClN2O2S. The molecule has 0 bridgehead atoms. The van der Waals surface area contributed by atoms with Gasteiger partial charge < -0.3 is 0 Å². The third-order valence-electron chi connectivity index (χ3n) is 3.90.